The zero-order chi connectivity index (χ0) is 14.3. The molecule has 0 amide bonds. The average Bonchev–Trinajstić information content (AvgIpc) is 2.44. The molecule has 0 saturated carbocycles. The van der Waals surface area contributed by atoms with E-state index in [9.17, 15) is 10.2 Å². The Balaban J connectivity index is 2.78. The second kappa shape index (κ2) is 8.42. The molecule has 0 aromatic rings. The fourth-order valence-corrected chi connectivity index (χ4v) is 1.97. The van der Waals surface area contributed by atoms with Crippen LogP contribution in [0.25, 0.3) is 0 Å². The zero-order valence-electron chi connectivity index (χ0n) is 11.1. The average molecular weight is 274 g/mol. The van der Waals surface area contributed by atoms with E-state index in [-0.39, 0.29) is 19.8 Å². The minimum Gasteiger partial charge on any atom is -0.394 e. The van der Waals surface area contributed by atoms with Crippen LogP contribution in [0.4, 0.5) is 0 Å². The third kappa shape index (κ3) is 4.10. The minimum atomic E-state index is -0.976. The standard InChI is InChI=1S/C13H22O6/c1-4-6-17-11-9(8-14)19-13(16-3)12(10(11)15)18-7-5-2/h4-5,9-15H,1-2,6-8H2,3H3. The summed E-state index contributed by atoms with van der Waals surface area (Å²) in [7, 11) is 1.45. The van der Waals surface area contributed by atoms with E-state index in [0.29, 0.717) is 0 Å². The summed E-state index contributed by atoms with van der Waals surface area (Å²) in [5.41, 5.74) is 0. The third-order valence-corrected chi connectivity index (χ3v) is 2.84. The summed E-state index contributed by atoms with van der Waals surface area (Å²) in [5.74, 6) is 0. The molecule has 6 heteroatoms. The van der Waals surface area contributed by atoms with E-state index in [1.54, 1.807) is 12.2 Å². The van der Waals surface area contributed by atoms with Gasteiger partial charge < -0.3 is 29.2 Å². The fraction of sp³-hybridized carbons (Fsp3) is 0.692. The van der Waals surface area contributed by atoms with Gasteiger partial charge in [-0.25, -0.2) is 0 Å². The van der Waals surface area contributed by atoms with Crippen LogP contribution in [0, 0.1) is 0 Å². The Hall–Kier alpha value is -0.760. The maximum atomic E-state index is 10.3. The van der Waals surface area contributed by atoms with Gasteiger partial charge in [-0.3, -0.25) is 0 Å². The Labute approximate surface area is 113 Å². The van der Waals surface area contributed by atoms with Gasteiger partial charge in [0.2, 0.25) is 0 Å². The highest BCUT2D eigenvalue weighted by atomic mass is 16.7. The minimum absolute atomic E-state index is 0.243. The molecule has 1 saturated heterocycles. The molecule has 110 valence electrons. The topological polar surface area (TPSA) is 77.4 Å². The van der Waals surface area contributed by atoms with Crippen LogP contribution in [0.3, 0.4) is 0 Å². The summed E-state index contributed by atoms with van der Waals surface area (Å²) < 4.78 is 21.5. The molecule has 1 rings (SSSR count). The van der Waals surface area contributed by atoms with Crippen LogP contribution in [-0.2, 0) is 18.9 Å². The molecule has 0 aliphatic carbocycles. The summed E-state index contributed by atoms with van der Waals surface area (Å²) in [6.07, 6.45) is -0.708. The molecule has 1 heterocycles. The lowest BCUT2D eigenvalue weighted by Gasteiger charge is -2.42. The molecule has 19 heavy (non-hydrogen) atoms. The predicted molar refractivity (Wildman–Crippen MR) is 68.6 cm³/mol. The van der Waals surface area contributed by atoms with Gasteiger partial charge in [0.05, 0.1) is 19.8 Å². The largest absolute Gasteiger partial charge is 0.394 e. The van der Waals surface area contributed by atoms with Crippen molar-refractivity contribution in [3.63, 3.8) is 0 Å². The fourth-order valence-electron chi connectivity index (χ4n) is 1.97. The second-order valence-corrected chi connectivity index (χ2v) is 4.13. The van der Waals surface area contributed by atoms with Crippen molar-refractivity contribution in [1.29, 1.82) is 0 Å². The number of aliphatic hydroxyl groups excluding tert-OH is 2. The Bertz CT molecular complexity index is 256. The highest BCUT2D eigenvalue weighted by Gasteiger charge is 2.46. The highest BCUT2D eigenvalue weighted by molar-refractivity contribution is 4.92. The second-order valence-electron chi connectivity index (χ2n) is 4.13. The summed E-state index contributed by atoms with van der Waals surface area (Å²) in [4.78, 5) is 0. The molecule has 5 atom stereocenters. The van der Waals surface area contributed by atoms with Crippen molar-refractivity contribution in [2.75, 3.05) is 26.9 Å². The lowest BCUT2D eigenvalue weighted by atomic mass is 9.98. The van der Waals surface area contributed by atoms with E-state index in [1.807, 2.05) is 0 Å². The summed E-state index contributed by atoms with van der Waals surface area (Å²) in [6.45, 7) is 7.30. The van der Waals surface area contributed by atoms with E-state index in [0.717, 1.165) is 0 Å². The van der Waals surface area contributed by atoms with E-state index < -0.39 is 30.7 Å². The Morgan fingerprint density at radius 1 is 1.16 bits per heavy atom. The number of ether oxygens (including phenoxy) is 4. The first-order valence-corrected chi connectivity index (χ1v) is 6.11. The van der Waals surface area contributed by atoms with Gasteiger partial charge in [-0.2, -0.15) is 0 Å². The molecule has 0 radical (unpaired) electrons. The van der Waals surface area contributed by atoms with Crippen molar-refractivity contribution < 1.29 is 29.2 Å². The molecular formula is C13H22O6. The van der Waals surface area contributed by atoms with Gasteiger partial charge in [0, 0.05) is 7.11 Å². The van der Waals surface area contributed by atoms with Crippen molar-refractivity contribution in [3.05, 3.63) is 25.3 Å². The van der Waals surface area contributed by atoms with Crippen LogP contribution in [0.5, 0.6) is 0 Å². The third-order valence-electron chi connectivity index (χ3n) is 2.84. The maximum absolute atomic E-state index is 10.3. The number of hydrogen-bond donors (Lipinski definition) is 2. The van der Waals surface area contributed by atoms with Crippen molar-refractivity contribution >= 4 is 0 Å². The molecule has 0 spiro atoms. The smallest absolute Gasteiger partial charge is 0.186 e. The van der Waals surface area contributed by atoms with Crippen LogP contribution in [-0.4, -0.2) is 67.8 Å². The van der Waals surface area contributed by atoms with E-state index >= 15 is 0 Å². The number of rotatable bonds is 8. The van der Waals surface area contributed by atoms with Crippen molar-refractivity contribution in [1.82, 2.24) is 0 Å². The van der Waals surface area contributed by atoms with E-state index in [4.69, 9.17) is 18.9 Å². The Morgan fingerprint density at radius 3 is 2.21 bits per heavy atom. The molecule has 1 fully saturated rings. The molecule has 6 nitrogen and oxygen atoms in total. The molecule has 0 aromatic carbocycles. The van der Waals surface area contributed by atoms with Crippen LogP contribution >= 0.6 is 0 Å². The van der Waals surface area contributed by atoms with Gasteiger partial charge in [-0.05, 0) is 0 Å². The van der Waals surface area contributed by atoms with Gasteiger partial charge in [0.1, 0.15) is 24.4 Å². The Morgan fingerprint density at radius 2 is 1.74 bits per heavy atom. The van der Waals surface area contributed by atoms with Gasteiger partial charge in [0.15, 0.2) is 6.29 Å². The molecule has 2 N–H and O–H groups in total. The summed E-state index contributed by atoms with van der Waals surface area (Å²) in [5, 5.41) is 19.6. The quantitative estimate of drug-likeness (QED) is 0.600. The summed E-state index contributed by atoms with van der Waals surface area (Å²) >= 11 is 0. The van der Waals surface area contributed by atoms with Crippen LogP contribution in [0.1, 0.15) is 0 Å². The normalized spacial score (nSPS) is 35.0. The summed E-state index contributed by atoms with van der Waals surface area (Å²) in [6, 6.07) is 0. The first-order valence-electron chi connectivity index (χ1n) is 6.11. The first kappa shape index (κ1) is 16.3. The van der Waals surface area contributed by atoms with Crippen LogP contribution in [0.15, 0.2) is 25.3 Å². The van der Waals surface area contributed by atoms with E-state index in [1.165, 1.54) is 7.11 Å². The maximum Gasteiger partial charge on any atom is 0.186 e. The molecule has 1 aliphatic heterocycles. The molecule has 0 aromatic heterocycles. The van der Waals surface area contributed by atoms with Gasteiger partial charge in [0.25, 0.3) is 0 Å². The first-order chi connectivity index (χ1) is 9.19. The highest BCUT2D eigenvalue weighted by Crippen LogP contribution is 2.26. The van der Waals surface area contributed by atoms with Crippen molar-refractivity contribution in [2.24, 2.45) is 0 Å². The monoisotopic (exact) mass is 274 g/mol. The number of hydrogen-bond acceptors (Lipinski definition) is 6. The zero-order valence-corrected chi connectivity index (χ0v) is 11.1. The van der Waals surface area contributed by atoms with Gasteiger partial charge in [-0.15, -0.1) is 13.2 Å². The number of methoxy groups -OCH3 is 1. The van der Waals surface area contributed by atoms with Crippen LogP contribution < -0.4 is 0 Å². The lowest BCUT2D eigenvalue weighted by Crippen LogP contribution is -2.60. The van der Waals surface area contributed by atoms with E-state index in [2.05, 4.69) is 13.2 Å². The lowest BCUT2D eigenvalue weighted by molar-refractivity contribution is -0.307. The van der Waals surface area contributed by atoms with Crippen molar-refractivity contribution in [2.45, 2.75) is 30.7 Å². The molecule has 0 bridgehead atoms. The molecule has 1 aliphatic rings. The molecular weight excluding hydrogens is 252 g/mol. The van der Waals surface area contributed by atoms with Crippen LogP contribution in [0.2, 0.25) is 0 Å². The molecule has 5 unspecified atom stereocenters. The predicted octanol–water partition coefficient (Wildman–Crippen LogP) is -0.147. The Kier molecular flexibility index (Phi) is 7.22. The van der Waals surface area contributed by atoms with Gasteiger partial charge >= 0.3 is 0 Å². The number of aliphatic hydroxyl groups is 2. The SMILES string of the molecule is C=CCOC1C(CO)OC(OC)C(OCC=C)C1O. The van der Waals surface area contributed by atoms with Gasteiger partial charge in [-0.1, -0.05) is 12.2 Å². The van der Waals surface area contributed by atoms with Crippen molar-refractivity contribution in [3.8, 4) is 0 Å².